The van der Waals surface area contributed by atoms with Crippen molar-refractivity contribution >= 4 is 11.6 Å². The molecule has 0 aliphatic heterocycles. The lowest BCUT2D eigenvalue weighted by Crippen LogP contribution is -2.16. The number of anilines is 1. The number of methoxy groups -OCH3 is 1. The van der Waals surface area contributed by atoms with E-state index in [9.17, 15) is 14.7 Å². The Morgan fingerprint density at radius 2 is 2.12 bits per heavy atom. The van der Waals surface area contributed by atoms with Gasteiger partial charge in [0.05, 0.1) is 13.2 Å². The van der Waals surface area contributed by atoms with Crippen molar-refractivity contribution in [2.75, 3.05) is 12.4 Å². The van der Waals surface area contributed by atoms with Crippen LogP contribution in [0, 0.1) is 0 Å². The van der Waals surface area contributed by atoms with Crippen molar-refractivity contribution in [3.05, 3.63) is 57.6 Å². The smallest absolute Gasteiger partial charge is 0.291 e. The predicted molar refractivity (Wildman–Crippen MR) is 88.5 cm³/mol. The zero-order valence-corrected chi connectivity index (χ0v) is 13.8. The van der Waals surface area contributed by atoms with Gasteiger partial charge in [0.2, 0.25) is 11.2 Å². The highest BCUT2D eigenvalue weighted by Crippen LogP contribution is 2.45. The maximum atomic E-state index is 12.2. The third kappa shape index (κ3) is 2.80. The normalized spacial score (nSPS) is 18.1. The SMILES string of the molecule is COc1coc(C(=O)Nc2ccc3c(c2)[C@@H](O)CC3(C)C)cc1=O. The number of amides is 1. The van der Waals surface area contributed by atoms with Crippen LogP contribution in [-0.4, -0.2) is 18.1 Å². The molecular formula is C18H19NO5. The summed E-state index contributed by atoms with van der Waals surface area (Å²) in [6, 6.07) is 6.53. The second-order valence-corrected chi connectivity index (χ2v) is 6.54. The van der Waals surface area contributed by atoms with Gasteiger partial charge < -0.3 is 19.6 Å². The highest BCUT2D eigenvalue weighted by Gasteiger charge is 2.35. The summed E-state index contributed by atoms with van der Waals surface area (Å²) < 4.78 is 9.94. The molecule has 0 saturated heterocycles. The van der Waals surface area contributed by atoms with Crippen LogP contribution in [0.4, 0.5) is 5.69 Å². The molecule has 6 nitrogen and oxygen atoms in total. The molecule has 0 spiro atoms. The van der Waals surface area contributed by atoms with Crippen molar-refractivity contribution in [1.29, 1.82) is 0 Å². The number of hydrogen-bond donors (Lipinski definition) is 2. The molecule has 6 heteroatoms. The maximum absolute atomic E-state index is 12.2. The van der Waals surface area contributed by atoms with E-state index >= 15 is 0 Å². The highest BCUT2D eigenvalue weighted by molar-refractivity contribution is 6.02. The van der Waals surface area contributed by atoms with E-state index in [2.05, 4.69) is 19.2 Å². The maximum Gasteiger partial charge on any atom is 0.291 e. The molecule has 0 bridgehead atoms. The molecule has 1 aromatic carbocycles. The van der Waals surface area contributed by atoms with Gasteiger partial charge in [0.15, 0.2) is 5.76 Å². The first-order chi connectivity index (χ1) is 11.3. The summed E-state index contributed by atoms with van der Waals surface area (Å²) in [4.78, 5) is 23.9. The number of benzene rings is 1. The van der Waals surface area contributed by atoms with E-state index < -0.39 is 17.4 Å². The number of aliphatic hydroxyl groups is 1. The number of ether oxygens (including phenoxy) is 1. The Morgan fingerprint density at radius 1 is 1.38 bits per heavy atom. The Hall–Kier alpha value is -2.60. The van der Waals surface area contributed by atoms with Crippen molar-refractivity contribution < 1.29 is 19.1 Å². The van der Waals surface area contributed by atoms with E-state index in [0.29, 0.717) is 12.1 Å². The molecule has 0 saturated carbocycles. The summed E-state index contributed by atoms with van der Waals surface area (Å²) in [5.41, 5.74) is 1.90. The van der Waals surface area contributed by atoms with Crippen LogP contribution >= 0.6 is 0 Å². The first-order valence-electron chi connectivity index (χ1n) is 7.62. The van der Waals surface area contributed by atoms with Crippen LogP contribution in [0.1, 0.15) is 48.1 Å². The molecule has 1 aliphatic rings. The lowest BCUT2D eigenvalue weighted by Gasteiger charge is -2.18. The van der Waals surface area contributed by atoms with Gasteiger partial charge in [0, 0.05) is 11.8 Å². The average Bonchev–Trinajstić information content (AvgIpc) is 2.76. The van der Waals surface area contributed by atoms with E-state index in [-0.39, 0.29) is 16.9 Å². The second-order valence-electron chi connectivity index (χ2n) is 6.54. The average molecular weight is 329 g/mol. The molecule has 126 valence electrons. The number of aliphatic hydroxyl groups excluding tert-OH is 1. The Morgan fingerprint density at radius 3 is 2.79 bits per heavy atom. The molecule has 1 heterocycles. The molecular weight excluding hydrogens is 310 g/mol. The van der Waals surface area contributed by atoms with Gasteiger partial charge in [-0.2, -0.15) is 0 Å². The van der Waals surface area contributed by atoms with E-state index in [1.54, 1.807) is 12.1 Å². The summed E-state index contributed by atoms with van der Waals surface area (Å²) in [6.45, 7) is 4.15. The van der Waals surface area contributed by atoms with Crippen molar-refractivity contribution in [2.24, 2.45) is 0 Å². The van der Waals surface area contributed by atoms with Crippen LogP contribution in [0.2, 0.25) is 0 Å². The minimum atomic E-state index is -0.550. The molecule has 0 radical (unpaired) electrons. The number of nitrogens with one attached hydrogen (secondary N) is 1. The Kier molecular flexibility index (Phi) is 3.93. The van der Waals surface area contributed by atoms with Gasteiger partial charge in [-0.15, -0.1) is 0 Å². The molecule has 1 atom stereocenters. The lowest BCUT2D eigenvalue weighted by molar-refractivity contribution is 0.0993. The van der Waals surface area contributed by atoms with Gasteiger partial charge in [-0.05, 0) is 35.1 Å². The second kappa shape index (κ2) is 5.79. The van der Waals surface area contributed by atoms with Gasteiger partial charge in [-0.25, -0.2) is 0 Å². The van der Waals surface area contributed by atoms with Crippen molar-refractivity contribution in [2.45, 2.75) is 31.8 Å². The third-order valence-electron chi connectivity index (χ3n) is 4.34. The van der Waals surface area contributed by atoms with Crippen LogP contribution in [0.15, 0.2) is 39.7 Å². The highest BCUT2D eigenvalue weighted by atomic mass is 16.5. The van der Waals surface area contributed by atoms with Gasteiger partial charge >= 0.3 is 0 Å². The molecule has 3 rings (SSSR count). The molecule has 2 aromatic rings. The number of carbonyl (C=O) groups excluding carboxylic acids is 1. The Labute approximate surface area is 139 Å². The fourth-order valence-corrected chi connectivity index (χ4v) is 3.10. The predicted octanol–water partition coefficient (Wildman–Crippen LogP) is 2.62. The van der Waals surface area contributed by atoms with Crippen LogP contribution in [0.25, 0.3) is 0 Å². The zero-order chi connectivity index (χ0) is 17.5. The topological polar surface area (TPSA) is 88.8 Å². The third-order valence-corrected chi connectivity index (χ3v) is 4.34. The molecule has 1 amide bonds. The van der Waals surface area contributed by atoms with Gasteiger partial charge in [-0.3, -0.25) is 9.59 Å². The molecule has 0 unspecified atom stereocenters. The lowest BCUT2D eigenvalue weighted by atomic mass is 9.86. The summed E-state index contributed by atoms with van der Waals surface area (Å²) in [5.74, 6) is -0.613. The van der Waals surface area contributed by atoms with Crippen LogP contribution in [0.3, 0.4) is 0 Å². The van der Waals surface area contributed by atoms with Crippen molar-refractivity contribution in [3.8, 4) is 5.75 Å². The van der Waals surface area contributed by atoms with E-state index in [1.807, 2.05) is 6.07 Å². The van der Waals surface area contributed by atoms with Gasteiger partial charge in [0.25, 0.3) is 5.91 Å². The van der Waals surface area contributed by atoms with Crippen molar-refractivity contribution in [3.63, 3.8) is 0 Å². The number of hydrogen-bond acceptors (Lipinski definition) is 5. The Balaban J connectivity index is 1.85. The quantitative estimate of drug-likeness (QED) is 0.903. The number of rotatable bonds is 3. The van der Waals surface area contributed by atoms with E-state index in [1.165, 1.54) is 7.11 Å². The standard InChI is InChI=1S/C18H19NO5/c1-18(2)8-14(21)11-6-10(4-5-12(11)18)19-17(22)15-7-13(20)16(23-3)9-24-15/h4-7,9,14,21H,8H2,1-3H3,(H,19,22)/t14-/m0/s1. The molecule has 2 N–H and O–H groups in total. The fourth-order valence-electron chi connectivity index (χ4n) is 3.10. The molecule has 0 fully saturated rings. The summed E-state index contributed by atoms with van der Waals surface area (Å²) in [5, 5.41) is 12.9. The first kappa shape index (κ1) is 16.3. The van der Waals surface area contributed by atoms with Crippen LogP contribution in [0.5, 0.6) is 5.75 Å². The number of fused-ring (bicyclic) bond motifs is 1. The van der Waals surface area contributed by atoms with Crippen LogP contribution < -0.4 is 15.5 Å². The van der Waals surface area contributed by atoms with E-state index in [0.717, 1.165) is 23.5 Å². The van der Waals surface area contributed by atoms with E-state index in [4.69, 9.17) is 9.15 Å². The zero-order valence-electron chi connectivity index (χ0n) is 13.8. The summed E-state index contributed by atoms with van der Waals surface area (Å²) >= 11 is 0. The van der Waals surface area contributed by atoms with Gasteiger partial charge in [-0.1, -0.05) is 19.9 Å². The first-order valence-corrected chi connectivity index (χ1v) is 7.62. The summed E-state index contributed by atoms with van der Waals surface area (Å²) in [7, 11) is 1.35. The monoisotopic (exact) mass is 329 g/mol. The summed E-state index contributed by atoms with van der Waals surface area (Å²) in [6.07, 6.45) is 1.20. The largest absolute Gasteiger partial charge is 0.490 e. The van der Waals surface area contributed by atoms with Gasteiger partial charge in [0.1, 0.15) is 6.26 Å². The minimum absolute atomic E-state index is 0.0365. The number of carbonyl (C=O) groups is 1. The van der Waals surface area contributed by atoms with Crippen LogP contribution in [-0.2, 0) is 5.41 Å². The minimum Gasteiger partial charge on any atom is -0.490 e. The Bertz CT molecular complexity index is 853. The van der Waals surface area contributed by atoms with Crippen molar-refractivity contribution in [1.82, 2.24) is 0 Å². The fraction of sp³-hybridized carbons (Fsp3) is 0.333. The molecule has 24 heavy (non-hydrogen) atoms. The molecule has 1 aliphatic carbocycles. The molecule has 1 aromatic heterocycles.